The normalized spacial score (nSPS) is 21.0. The molecule has 1 amide bonds. The van der Waals surface area contributed by atoms with Crippen LogP contribution in [0.2, 0.25) is 0 Å². The van der Waals surface area contributed by atoms with Crippen LogP contribution < -0.4 is 4.90 Å². The third-order valence-electron chi connectivity index (χ3n) is 5.85. The molecular weight excluding hydrogens is 348 g/mol. The van der Waals surface area contributed by atoms with Gasteiger partial charge in [-0.15, -0.1) is 0 Å². The molecule has 2 aliphatic heterocycles. The van der Waals surface area contributed by atoms with Gasteiger partial charge in [-0.05, 0) is 29.3 Å². The lowest BCUT2D eigenvalue weighted by Crippen LogP contribution is -2.33. The summed E-state index contributed by atoms with van der Waals surface area (Å²) in [6.45, 7) is 3.47. The molecule has 3 heterocycles. The fraction of sp³-hybridized carbons (Fsp3) is 0.261. The highest BCUT2D eigenvalue weighted by atomic mass is 16.2. The Morgan fingerprint density at radius 3 is 2.00 bits per heavy atom. The van der Waals surface area contributed by atoms with Crippen molar-refractivity contribution in [2.75, 3.05) is 31.1 Å². The molecule has 5 nitrogen and oxygen atoms in total. The first-order chi connectivity index (χ1) is 13.8. The maximum atomic E-state index is 13.0. The number of nitrogens with zero attached hydrogens (tertiary/aromatic N) is 4. The van der Waals surface area contributed by atoms with Crippen molar-refractivity contribution in [1.82, 2.24) is 14.9 Å². The van der Waals surface area contributed by atoms with Crippen molar-refractivity contribution in [1.29, 1.82) is 0 Å². The second-order valence-electron chi connectivity index (χ2n) is 7.63. The van der Waals surface area contributed by atoms with E-state index in [2.05, 4.69) is 27.0 Å². The summed E-state index contributed by atoms with van der Waals surface area (Å²) in [7, 11) is 0. The van der Waals surface area contributed by atoms with Crippen molar-refractivity contribution in [3.8, 4) is 11.1 Å². The van der Waals surface area contributed by atoms with Crippen LogP contribution in [0.1, 0.15) is 10.4 Å². The van der Waals surface area contributed by atoms with Gasteiger partial charge in [0.25, 0.3) is 5.91 Å². The summed E-state index contributed by atoms with van der Waals surface area (Å²) in [4.78, 5) is 25.9. The smallest absolute Gasteiger partial charge is 0.253 e. The minimum atomic E-state index is 0.136. The number of anilines is 1. The van der Waals surface area contributed by atoms with Gasteiger partial charge in [0.1, 0.15) is 0 Å². The van der Waals surface area contributed by atoms with E-state index >= 15 is 0 Å². The van der Waals surface area contributed by atoms with Gasteiger partial charge in [-0.1, -0.05) is 42.5 Å². The van der Waals surface area contributed by atoms with Gasteiger partial charge in [-0.2, -0.15) is 0 Å². The maximum Gasteiger partial charge on any atom is 0.253 e. The molecular formula is C23H22N4O. The van der Waals surface area contributed by atoms with Crippen LogP contribution >= 0.6 is 0 Å². The molecule has 2 unspecified atom stereocenters. The number of likely N-dealkylation sites (tertiary alicyclic amines) is 1. The Morgan fingerprint density at radius 2 is 1.36 bits per heavy atom. The highest BCUT2D eigenvalue weighted by Gasteiger charge is 2.42. The van der Waals surface area contributed by atoms with Gasteiger partial charge in [0.2, 0.25) is 5.95 Å². The average Bonchev–Trinajstić information content (AvgIpc) is 3.34. The van der Waals surface area contributed by atoms with Gasteiger partial charge in [-0.3, -0.25) is 4.79 Å². The molecule has 0 bridgehead atoms. The predicted octanol–water partition coefficient (Wildman–Crippen LogP) is 3.35. The van der Waals surface area contributed by atoms with E-state index in [0.717, 1.165) is 43.3 Å². The quantitative estimate of drug-likeness (QED) is 0.709. The first-order valence-corrected chi connectivity index (χ1v) is 9.74. The zero-order valence-electron chi connectivity index (χ0n) is 15.6. The molecule has 0 spiro atoms. The summed E-state index contributed by atoms with van der Waals surface area (Å²) in [5.74, 6) is 1.93. The van der Waals surface area contributed by atoms with E-state index in [4.69, 9.17) is 0 Å². The van der Waals surface area contributed by atoms with Gasteiger partial charge >= 0.3 is 0 Å². The maximum absolute atomic E-state index is 13.0. The summed E-state index contributed by atoms with van der Waals surface area (Å²) in [6, 6.07) is 20.0. The fourth-order valence-corrected chi connectivity index (χ4v) is 4.40. The number of hydrogen-bond donors (Lipinski definition) is 0. The molecule has 3 aromatic rings. The topological polar surface area (TPSA) is 49.3 Å². The number of rotatable bonds is 3. The Bertz CT molecular complexity index is 945. The van der Waals surface area contributed by atoms with E-state index in [9.17, 15) is 4.79 Å². The van der Waals surface area contributed by atoms with Crippen molar-refractivity contribution in [3.63, 3.8) is 0 Å². The van der Waals surface area contributed by atoms with Gasteiger partial charge in [0.05, 0.1) is 0 Å². The number of aromatic nitrogens is 2. The summed E-state index contributed by atoms with van der Waals surface area (Å²) < 4.78 is 0. The predicted molar refractivity (Wildman–Crippen MR) is 109 cm³/mol. The number of amides is 1. The van der Waals surface area contributed by atoms with Crippen molar-refractivity contribution in [2.24, 2.45) is 11.8 Å². The van der Waals surface area contributed by atoms with E-state index in [1.807, 2.05) is 53.4 Å². The summed E-state index contributed by atoms with van der Waals surface area (Å²) in [6.07, 6.45) is 3.57. The molecule has 0 aliphatic carbocycles. The van der Waals surface area contributed by atoms with Crippen LogP contribution in [-0.2, 0) is 0 Å². The molecule has 2 saturated heterocycles. The Morgan fingerprint density at radius 1 is 0.750 bits per heavy atom. The van der Waals surface area contributed by atoms with E-state index in [1.165, 1.54) is 5.56 Å². The molecule has 140 valence electrons. The van der Waals surface area contributed by atoms with Crippen LogP contribution in [0.15, 0.2) is 73.1 Å². The summed E-state index contributed by atoms with van der Waals surface area (Å²) >= 11 is 0. The molecule has 1 aromatic heterocycles. The second kappa shape index (κ2) is 7.08. The lowest BCUT2D eigenvalue weighted by atomic mass is 10.0. The molecule has 28 heavy (non-hydrogen) atoms. The van der Waals surface area contributed by atoms with Gasteiger partial charge in [0.15, 0.2) is 0 Å². The lowest BCUT2D eigenvalue weighted by Gasteiger charge is -2.21. The van der Waals surface area contributed by atoms with E-state index in [1.54, 1.807) is 12.4 Å². The van der Waals surface area contributed by atoms with Crippen LogP contribution in [-0.4, -0.2) is 47.0 Å². The number of carbonyl (C=O) groups excluding carboxylic acids is 1. The van der Waals surface area contributed by atoms with Gasteiger partial charge < -0.3 is 9.80 Å². The largest absolute Gasteiger partial charge is 0.340 e. The Labute approximate surface area is 164 Å². The van der Waals surface area contributed by atoms with E-state index < -0.39 is 0 Å². The molecule has 2 atom stereocenters. The molecule has 0 saturated carbocycles. The first-order valence-electron chi connectivity index (χ1n) is 9.74. The third-order valence-corrected chi connectivity index (χ3v) is 5.85. The number of carbonyl (C=O) groups is 1. The average molecular weight is 370 g/mol. The second-order valence-corrected chi connectivity index (χ2v) is 7.63. The molecule has 0 radical (unpaired) electrons. The highest BCUT2D eigenvalue weighted by molar-refractivity contribution is 5.95. The summed E-state index contributed by atoms with van der Waals surface area (Å²) in [5, 5.41) is 0. The van der Waals surface area contributed by atoms with Crippen LogP contribution in [0.3, 0.4) is 0 Å². The number of fused-ring (bicyclic) bond motifs is 1. The van der Waals surface area contributed by atoms with Crippen LogP contribution in [0.25, 0.3) is 11.1 Å². The van der Waals surface area contributed by atoms with Crippen LogP contribution in [0, 0.1) is 11.8 Å². The number of hydrogen-bond acceptors (Lipinski definition) is 4. The van der Waals surface area contributed by atoms with Crippen LogP contribution in [0.5, 0.6) is 0 Å². The fourth-order valence-electron chi connectivity index (χ4n) is 4.40. The molecule has 2 aromatic carbocycles. The van der Waals surface area contributed by atoms with E-state index in [0.29, 0.717) is 11.8 Å². The third kappa shape index (κ3) is 3.13. The number of benzene rings is 2. The zero-order chi connectivity index (χ0) is 18.9. The van der Waals surface area contributed by atoms with E-state index in [-0.39, 0.29) is 5.91 Å². The molecule has 2 aliphatic rings. The van der Waals surface area contributed by atoms with Gasteiger partial charge in [-0.25, -0.2) is 9.97 Å². The highest BCUT2D eigenvalue weighted by Crippen LogP contribution is 2.33. The molecule has 0 N–H and O–H groups in total. The monoisotopic (exact) mass is 370 g/mol. The Balaban J connectivity index is 1.24. The van der Waals surface area contributed by atoms with Gasteiger partial charge in [0, 0.05) is 56.0 Å². The lowest BCUT2D eigenvalue weighted by molar-refractivity contribution is 0.0782. The Kier molecular flexibility index (Phi) is 4.28. The molecule has 5 rings (SSSR count). The SMILES string of the molecule is O=C(c1ccc(-c2ccccc2)cc1)N1CC2CN(c3ncccn3)CC2C1. The zero-order valence-corrected chi connectivity index (χ0v) is 15.6. The van der Waals surface area contributed by atoms with Crippen molar-refractivity contribution >= 4 is 11.9 Å². The van der Waals surface area contributed by atoms with Crippen LogP contribution in [0.4, 0.5) is 5.95 Å². The minimum absolute atomic E-state index is 0.136. The van der Waals surface area contributed by atoms with Crippen molar-refractivity contribution < 1.29 is 4.79 Å². The van der Waals surface area contributed by atoms with Crippen molar-refractivity contribution in [3.05, 3.63) is 78.6 Å². The standard InChI is InChI=1S/C23H22N4O/c28-22(19-9-7-18(8-10-19)17-5-2-1-3-6-17)26-13-20-15-27(16-21(20)14-26)23-24-11-4-12-25-23/h1-12,20-21H,13-16H2. The van der Waals surface area contributed by atoms with Crippen molar-refractivity contribution in [2.45, 2.75) is 0 Å². The minimum Gasteiger partial charge on any atom is -0.340 e. The Hall–Kier alpha value is -3.21. The molecule has 2 fully saturated rings. The molecule has 5 heteroatoms. The first kappa shape index (κ1) is 16.9. The summed E-state index contributed by atoms with van der Waals surface area (Å²) in [5.41, 5.74) is 3.07.